The largest absolute Gasteiger partial charge is 0.480 e. The molecule has 112 valence electrons. The van der Waals surface area contributed by atoms with Gasteiger partial charge in [-0.3, -0.25) is 14.6 Å². The Morgan fingerprint density at radius 2 is 2.29 bits per heavy atom. The van der Waals surface area contributed by atoms with Crippen LogP contribution in [0.5, 0.6) is 0 Å². The highest BCUT2D eigenvalue weighted by atomic mass is 16.4. The molecule has 0 aliphatic heterocycles. The second-order valence-corrected chi connectivity index (χ2v) is 4.44. The minimum absolute atomic E-state index is 0.249. The molecule has 10 heteroatoms. The summed E-state index contributed by atoms with van der Waals surface area (Å²) >= 11 is 0. The molecular formula is C11H15N7O3. The standard InChI is InChI=1S/C11H15N7O3/c1-7-13-9(16-15-7)5-17(2)11(21)14-8-3-12-18(4-8)6-10(19)20/h3-4H,5-6H2,1-2H3,(H,14,21)(H,19,20)(H,13,15,16). The molecule has 2 aromatic heterocycles. The number of H-pyrrole nitrogens is 1. The molecule has 0 saturated carbocycles. The van der Waals surface area contributed by atoms with Crippen LogP contribution in [0.25, 0.3) is 0 Å². The Hall–Kier alpha value is -2.91. The van der Waals surface area contributed by atoms with Gasteiger partial charge < -0.3 is 15.3 Å². The number of aryl methyl sites for hydroxylation is 1. The summed E-state index contributed by atoms with van der Waals surface area (Å²) in [4.78, 5) is 28.0. The normalized spacial score (nSPS) is 10.4. The number of rotatable bonds is 5. The van der Waals surface area contributed by atoms with Crippen molar-refractivity contribution in [1.82, 2.24) is 29.9 Å². The van der Waals surface area contributed by atoms with Gasteiger partial charge in [0.05, 0.1) is 18.4 Å². The Balaban J connectivity index is 1.91. The van der Waals surface area contributed by atoms with Gasteiger partial charge in [-0.2, -0.15) is 10.2 Å². The average molecular weight is 293 g/mol. The summed E-state index contributed by atoms with van der Waals surface area (Å²) in [6.45, 7) is 1.76. The van der Waals surface area contributed by atoms with E-state index in [4.69, 9.17) is 5.11 Å². The number of hydrogen-bond acceptors (Lipinski definition) is 5. The number of carbonyl (C=O) groups is 2. The SMILES string of the molecule is Cc1nc(CN(C)C(=O)Nc2cnn(CC(=O)O)c2)n[nH]1. The summed E-state index contributed by atoms with van der Waals surface area (Å²) in [5.74, 6) is 0.175. The van der Waals surface area contributed by atoms with Gasteiger partial charge >= 0.3 is 12.0 Å². The number of carboxylic acids is 1. The van der Waals surface area contributed by atoms with Gasteiger partial charge in [0.15, 0.2) is 5.82 Å². The van der Waals surface area contributed by atoms with Gasteiger partial charge in [-0.25, -0.2) is 9.78 Å². The maximum absolute atomic E-state index is 12.0. The Bertz CT molecular complexity index is 648. The third-order valence-corrected chi connectivity index (χ3v) is 2.55. The number of aromatic amines is 1. The highest BCUT2D eigenvalue weighted by molar-refractivity contribution is 5.88. The van der Waals surface area contributed by atoms with Crippen LogP contribution in [0.3, 0.4) is 0 Å². The van der Waals surface area contributed by atoms with Crippen molar-refractivity contribution in [2.75, 3.05) is 12.4 Å². The van der Waals surface area contributed by atoms with Crippen LogP contribution in [0.2, 0.25) is 0 Å². The number of carbonyl (C=O) groups excluding carboxylic acids is 1. The van der Waals surface area contributed by atoms with Crippen LogP contribution in [0.4, 0.5) is 10.5 Å². The van der Waals surface area contributed by atoms with Crippen LogP contribution in [0, 0.1) is 6.92 Å². The van der Waals surface area contributed by atoms with Crippen LogP contribution in [-0.4, -0.2) is 54.0 Å². The molecule has 21 heavy (non-hydrogen) atoms. The number of hydrogen-bond donors (Lipinski definition) is 3. The highest BCUT2D eigenvalue weighted by Crippen LogP contribution is 2.07. The zero-order valence-electron chi connectivity index (χ0n) is 11.6. The molecular weight excluding hydrogens is 278 g/mol. The maximum atomic E-state index is 12.0. The topological polar surface area (TPSA) is 129 Å². The van der Waals surface area contributed by atoms with Crippen LogP contribution in [-0.2, 0) is 17.9 Å². The minimum atomic E-state index is -1.01. The fraction of sp³-hybridized carbons (Fsp3) is 0.364. The summed E-state index contributed by atoms with van der Waals surface area (Å²) in [7, 11) is 1.60. The van der Waals surface area contributed by atoms with Crippen molar-refractivity contribution in [2.45, 2.75) is 20.0 Å². The summed E-state index contributed by atoms with van der Waals surface area (Å²) < 4.78 is 1.22. The van der Waals surface area contributed by atoms with Gasteiger partial charge in [-0.15, -0.1) is 0 Å². The first-order valence-electron chi connectivity index (χ1n) is 6.08. The molecule has 0 atom stereocenters. The Kier molecular flexibility index (Phi) is 4.16. The number of amides is 2. The molecule has 0 bridgehead atoms. The Morgan fingerprint density at radius 1 is 1.52 bits per heavy atom. The second-order valence-electron chi connectivity index (χ2n) is 4.44. The van der Waals surface area contributed by atoms with Gasteiger partial charge in [0, 0.05) is 13.2 Å². The third-order valence-electron chi connectivity index (χ3n) is 2.55. The van der Waals surface area contributed by atoms with Crippen molar-refractivity contribution in [3.63, 3.8) is 0 Å². The quantitative estimate of drug-likeness (QED) is 0.714. The van der Waals surface area contributed by atoms with E-state index in [1.54, 1.807) is 14.0 Å². The van der Waals surface area contributed by atoms with Crippen LogP contribution < -0.4 is 5.32 Å². The van der Waals surface area contributed by atoms with E-state index in [1.165, 1.54) is 22.0 Å². The lowest BCUT2D eigenvalue weighted by molar-refractivity contribution is -0.137. The molecule has 0 saturated heterocycles. The second kappa shape index (κ2) is 6.03. The third kappa shape index (κ3) is 4.03. The lowest BCUT2D eigenvalue weighted by Crippen LogP contribution is -2.31. The molecule has 0 aliphatic rings. The minimum Gasteiger partial charge on any atom is -0.480 e. The Morgan fingerprint density at radius 3 is 2.90 bits per heavy atom. The molecule has 0 spiro atoms. The van der Waals surface area contributed by atoms with E-state index in [0.29, 0.717) is 17.3 Å². The molecule has 0 unspecified atom stereocenters. The number of aromatic nitrogens is 5. The summed E-state index contributed by atoms with van der Waals surface area (Å²) in [6.07, 6.45) is 2.82. The van der Waals surface area contributed by atoms with Crippen molar-refractivity contribution >= 4 is 17.7 Å². The molecule has 2 amide bonds. The lowest BCUT2D eigenvalue weighted by atomic mass is 10.5. The predicted molar refractivity (Wildman–Crippen MR) is 71.5 cm³/mol. The molecule has 0 aliphatic carbocycles. The van der Waals surface area contributed by atoms with E-state index in [2.05, 4.69) is 25.6 Å². The van der Waals surface area contributed by atoms with Crippen molar-refractivity contribution in [3.05, 3.63) is 24.0 Å². The number of urea groups is 1. The van der Waals surface area contributed by atoms with E-state index >= 15 is 0 Å². The number of nitrogens with zero attached hydrogens (tertiary/aromatic N) is 5. The van der Waals surface area contributed by atoms with Crippen molar-refractivity contribution in [3.8, 4) is 0 Å². The first-order valence-corrected chi connectivity index (χ1v) is 6.08. The molecule has 10 nitrogen and oxygen atoms in total. The smallest absolute Gasteiger partial charge is 0.325 e. The molecule has 2 rings (SSSR count). The zero-order chi connectivity index (χ0) is 15.4. The summed E-state index contributed by atoms with van der Waals surface area (Å²) in [5, 5.41) is 21.7. The van der Waals surface area contributed by atoms with Crippen LogP contribution in [0.15, 0.2) is 12.4 Å². The van der Waals surface area contributed by atoms with Crippen LogP contribution in [0.1, 0.15) is 11.6 Å². The van der Waals surface area contributed by atoms with Crippen LogP contribution >= 0.6 is 0 Å². The van der Waals surface area contributed by atoms with Crippen molar-refractivity contribution in [1.29, 1.82) is 0 Å². The lowest BCUT2D eigenvalue weighted by Gasteiger charge is -2.15. The van der Waals surface area contributed by atoms with E-state index in [-0.39, 0.29) is 19.1 Å². The van der Waals surface area contributed by atoms with E-state index in [1.807, 2.05) is 0 Å². The number of carboxylic acid groups (broad SMARTS) is 1. The molecule has 3 N–H and O–H groups in total. The predicted octanol–water partition coefficient (Wildman–Crippen LogP) is 0.0581. The van der Waals surface area contributed by atoms with Crippen molar-refractivity contribution < 1.29 is 14.7 Å². The summed E-state index contributed by atoms with van der Waals surface area (Å²) in [6, 6.07) is -0.368. The van der Waals surface area contributed by atoms with Gasteiger partial charge in [-0.05, 0) is 6.92 Å². The molecule has 0 fully saturated rings. The fourth-order valence-electron chi connectivity index (χ4n) is 1.62. The monoisotopic (exact) mass is 293 g/mol. The average Bonchev–Trinajstić information content (AvgIpc) is 2.98. The van der Waals surface area contributed by atoms with E-state index < -0.39 is 5.97 Å². The number of anilines is 1. The maximum Gasteiger partial charge on any atom is 0.325 e. The van der Waals surface area contributed by atoms with Gasteiger partial charge in [-0.1, -0.05) is 0 Å². The first-order chi connectivity index (χ1) is 9.94. The fourth-order valence-corrected chi connectivity index (χ4v) is 1.62. The molecule has 0 radical (unpaired) electrons. The van der Waals surface area contributed by atoms with Gasteiger partial charge in [0.25, 0.3) is 0 Å². The Labute approximate surface area is 119 Å². The number of nitrogens with one attached hydrogen (secondary N) is 2. The zero-order valence-corrected chi connectivity index (χ0v) is 11.6. The van der Waals surface area contributed by atoms with Gasteiger partial charge in [0.2, 0.25) is 0 Å². The summed E-state index contributed by atoms with van der Waals surface area (Å²) in [5.41, 5.74) is 0.416. The molecule has 0 aromatic carbocycles. The number of aliphatic carboxylic acids is 1. The van der Waals surface area contributed by atoms with Gasteiger partial charge in [0.1, 0.15) is 12.4 Å². The molecule has 2 aromatic rings. The molecule has 2 heterocycles. The van der Waals surface area contributed by atoms with Crippen molar-refractivity contribution in [2.24, 2.45) is 0 Å². The van der Waals surface area contributed by atoms with E-state index in [9.17, 15) is 9.59 Å². The first kappa shape index (κ1) is 14.5. The highest BCUT2D eigenvalue weighted by Gasteiger charge is 2.13. The van der Waals surface area contributed by atoms with E-state index in [0.717, 1.165) is 0 Å².